The van der Waals surface area contributed by atoms with Crippen molar-refractivity contribution in [2.45, 2.75) is 63.7 Å². The Bertz CT molecular complexity index is 1320. The van der Waals surface area contributed by atoms with Crippen molar-refractivity contribution < 1.29 is 43.1 Å². The molecule has 4 atom stereocenters. The first-order valence-electron chi connectivity index (χ1n) is 13.9. The Labute approximate surface area is 250 Å². The number of methoxy groups -OCH3 is 1. The number of carbonyl (C=O) groups is 5. The van der Waals surface area contributed by atoms with Crippen LogP contribution in [0.25, 0.3) is 11.3 Å². The summed E-state index contributed by atoms with van der Waals surface area (Å²) in [5.41, 5.74) is -0.567. The lowest BCUT2D eigenvalue weighted by molar-refractivity contribution is -0.165. The molecule has 0 spiro atoms. The predicted molar refractivity (Wildman–Crippen MR) is 155 cm³/mol. The Balaban J connectivity index is 1.83. The number of ether oxygens (including phenoxy) is 1. The molecule has 0 aliphatic carbocycles. The molecule has 2 heterocycles. The van der Waals surface area contributed by atoms with Gasteiger partial charge in [0.1, 0.15) is 11.7 Å². The number of nitrogens with zero attached hydrogens (tertiary/aromatic N) is 1. The van der Waals surface area contributed by atoms with E-state index < -0.39 is 73.3 Å². The predicted octanol–water partition coefficient (Wildman–Crippen LogP) is 0.798. The van der Waals surface area contributed by atoms with Crippen molar-refractivity contribution in [1.29, 1.82) is 0 Å². The zero-order valence-corrected chi connectivity index (χ0v) is 24.8. The number of hydrogen-bond acceptors (Lipinski definition) is 10. The third kappa shape index (κ3) is 8.61. The van der Waals surface area contributed by atoms with E-state index in [2.05, 4.69) is 20.9 Å². The minimum atomic E-state index is -1.94. The molecule has 1 unspecified atom stereocenters. The highest BCUT2D eigenvalue weighted by Crippen LogP contribution is 2.30. The summed E-state index contributed by atoms with van der Waals surface area (Å²) in [4.78, 5) is 68.7. The van der Waals surface area contributed by atoms with Crippen LogP contribution in [-0.2, 0) is 33.2 Å². The molecule has 1 fully saturated rings. The monoisotopic (exact) mass is 596 g/mol. The van der Waals surface area contributed by atoms with Crippen LogP contribution < -0.4 is 16.0 Å². The molecular formula is C29H37BN4O9. The molecule has 1 saturated heterocycles. The Hall–Kier alpha value is -4.30. The van der Waals surface area contributed by atoms with Crippen molar-refractivity contribution in [2.24, 2.45) is 5.92 Å². The molecule has 4 N–H and O–H groups in total. The number of nitrogens with one attached hydrogen (secondary N) is 3. The third-order valence-electron chi connectivity index (χ3n) is 6.80. The maximum atomic E-state index is 13.5. The molecular weight excluding hydrogens is 559 g/mol. The van der Waals surface area contributed by atoms with E-state index >= 15 is 0 Å². The number of amides is 3. The highest BCUT2D eigenvalue weighted by Gasteiger charge is 2.54. The number of rotatable bonds is 12. The van der Waals surface area contributed by atoms with Gasteiger partial charge in [0.05, 0.1) is 37.7 Å². The first-order chi connectivity index (χ1) is 20.4. The number of carbonyl (C=O) groups excluding carboxylic acids is 5. The van der Waals surface area contributed by atoms with E-state index in [0.29, 0.717) is 5.69 Å². The quantitative estimate of drug-likeness (QED) is 0.202. The smallest absolute Gasteiger partial charge is 0.508 e. The van der Waals surface area contributed by atoms with Gasteiger partial charge in [-0.15, -0.1) is 0 Å². The van der Waals surface area contributed by atoms with Crippen LogP contribution in [-0.4, -0.2) is 84.7 Å². The number of hydrogen-bond donors (Lipinski definition) is 4. The second kappa shape index (κ2) is 14.7. The lowest BCUT2D eigenvalue weighted by atomic mass is 9.70. The summed E-state index contributed by atoms with van der Waals surface area (Å²) in [5, 5.41) is 18.1. The van der Waals surface area contributed by atoms with E-state index in [-0.39, 0.29) is 18.0 Å². The van der Waals surface area contributed by atoms with Crippen molar-refractivity contribution >= 4 is 36.8 Å². The van der Waals surface area contributed by atoms with Crippen molar-refractivity contribution in [2.75, 3.05) is 14.2 Å². The van der Waals surface area contributed by atoms with Gasteiger partial charge in [0.2, 0.25) is 5.91 Å². The van der Waals surface area contributed by atoms with Gasteiger partial charge < -0.3 is 35.1 Å². The highest BCUT2D eigenvalue weighted by molar-refractivity contribution is 6.50. The number of benzene rings is 1. The van der Waals surface area contributed by atoms with Crippen molar-refractivity contribution in [1.82, 2.24) is 20.9 Å². The lowest BCUT2D eigenvalue weighted by Crippen LogP contribution is -2.64. The fourth-order valence-electron chi connectivity index (χ4n) is 4.68. The normalized spacial score (nSPS) is 18.6. The summed E-state index contributed by atoms with van der Waals surface area (Å²) in [6, 6.07) is 12.7. The second-order valence-electron chi connectivity index (χ2n) is 10.7. The van der Waals surface area contributed by atoms with Gasteiger partial charge in [-0.25, -0.2) is 4.98 Å². The first kappa shape index (κ1) is 33.2. The number of esters is 1. The van der Waals surface area contributed by atoms with Crippen LogP contribution in [0, 0.1) is 5.92 Å². The summed E-state index contributed by atoms with van der Waals surface area (Å²) >= 11 is 0. The number of aromatic nitrogens is 1. The molecule has 43 heavy (non-hydrogen) atoms. The van der Waals surface area contributed by atoms with Crippen LogP contribution in [0.5, 0.6) is 0 Å². The maximum absolute atomic E-state index is 13.5. The molecule has 3 amide bonds. The first-order valence-corrected chi connectivity index (χ1v) is 13.9. The Morgan fingerprint density at radius 2 is 1.77 bits per heavy atom. The fraction of sp³-hybridized carbons (Fsp3) is 0.448. The standard InChI is InChI=1S/C29H37BN4O9/c1-17(2)14-22(30-42-24(37)16-29(43-30,28(40)31-4)15-23(36)41-5)33-27(39)25(18(3)35)34-26(38)21-13-9-12-20(32-21)19-10-7-6-8-11-19/h6-13,17-18,22,25,35H,14-16H2,1-5H3,(H,31,40)(H,33,39)(H,34,38)/t18-,22+,25?,29+/m1/s1. The van der Waals surface area contributed by atoms with Gasteiger partial charge in [-0.2, -0.15) is 0 Å². The van der Waals surface area contributed by atoms with E-state index in [9.17, 15) is 29.1 Å². The van der Waals surface area contributed by atoms with Crippen LogP contribution in [0.4, 0.5) is 0 Å². The molecule has 0 saturated carbocycles. The largest absolute Gasteiger partial charge is 0.552 e. The lowest BCUT2D eigenvalue weighted by Gasteiger charge is -2.39. The number of aliphatic hydroxyl groups is 1. The van der Waals surface area contributed by atoms with E-state index in [1.807, 2.05) is 44.2 Å². The molecule has 0 radical (unpaired) electrons. The molecule has 1 aromatic heterocycles. The maximum Gasteiger partial charge on any atom is 0.552 e. The van der Waals surface area contributed by atoms with E-state index in [4.69, 9.17) is 14.0 Å². The van der Waals surface area contributed by atoms with Gasteiger partial charge in [-0.1, -0.05) is 50.2 Å². The topological polar surface area (TPSA) is 182 Å². The summed E-state index contributed by atoms with van der Waals surface area (Å²) in [6.07, 6.45) is -2.24. The molecule has 14 heteroatoms. The molecule has 1 aliphatic heterocycles. The Morgan fingerprint density at radius 1 is 1.07 bits per heavy atom. The summed E-state index contributed by atoms with van der Waals surface area (Å²) in [7, 11) is 0.995. The SMILES string of the molecule is CNC(=O)[C@]1(CC(=O)OC)CC(=O)OB([C@H](CC(C)C)NC(=O)C(NC(=O)c2cccc(-c3ccccc3)n2)[C@@H](C)O)O1. The van der Waals surface area contributed by atoms with Crippen LogP contribution in [0.3, 0.4) is 0 Å². The van der Waals surface area contributed by atoms with Crippen LogP contribution in [0.2, 0.25) is 0 Å². The third-order valence-corrected chi connectivity index (χ3v) is 6.80. The van der Waals surface area contributed by atoms with Gasteiger partial charge in [0.25, 0.3) is 17.8 Å². The summed E-state index contributed by atoms with van der Waals surface area (Å²) in [5.74, 6) is -4.92. The van der Waals surface area contributed by atoms with Gasteiger partial charge in [-0.3, -0.25) is 24.0 Å². The molecule has 1 aromatic carbocycles. The zero-order chi connectivity index (χ0) is 31.7. The van der Waals surface area contributed by atoms with E-state index in [0.717, 1.165) is 12.7 Å². The minimum absolute atomic E-state index is 0.0289. The average Bonchev–Trinajstić information content (AvgIpc) is 2.98. The number of likely N-dealkylation sites (N-methyl/N-ethyl adjacent to an activating group) is 1. The van der Waals surface area contributed by atoms with E-state index in [1.165, 1.54) is 20.0 Å². The molecule has 13 nitrogen and oxygen atoms in total. The van der Waals surface area contributed by atoms with Crippen LogP contribution >= 0.6 is 0 Å². The van der Waals surface area contributed by atoms with Crippen molar-refractivity contribution in [3.63, 3.8) is 0 Å². The molecule has 3 rings (SSSR count). The average molecular weight is 596 g/mol. The second-order valence-corrected chi connectivity index (χ2v) is 10.7. The van der Waals surface area contributed by atoms with Gasteiger partial charge >= 0.3 is 13.1 Å². The van der Waals surface area contributed by atoms with Crippen molar-refractivity contribution in [3.05, 3.63) is 54.2 Å². The zero-order valence-electron chi connectivity index (χ0n) is 24.8. The number of pyridine rings is 1. The minimum Gasteiger partial charge on any atom is -0.508 e. The molecule has 1 aliphatic rings. The highest BCUT2D eigenvalue weighted by atomic mass is 16.6. The fourth-order valence-corrected chi connectivity index (χ4v) is 4.68. The van der Waals surface area contributed by atoms with Crippen molar-refractivity contribution in [3.8, 4) is 11.3 Å². The summed E-state index contributed by atoms with van der Waals surface area (Å²) in [6.45, 7) is 5.03. The van der Waals surface area contributed by atoms with Gasteiger partial charge in [0, 0.05) is 12.6 Å². The van der Waals surface area contributed by atoms with Crippen LogP contribution in [0.15, 0.2) is 48.5 Å². The molecule has 230 valence electrons. The molecule has 2 aromatic rings. The molecule has 0 bridgehead atoms. The van der Waals surface area contributed by atoms with Gasteiger partial charge in [0.15, 0.2) is 5.60 Å². The Kier molecular flexibility index (Phi) is 11.4. The summed E-state index contributed by atoms with van der Waals surface area (Å²) < 4.78 is 16.0. The van der Waals surface area contributed by atoms with Crippen LogP contribution in [0.1, 0.15) is 50.5 Å². The van der Waals surface area contributed by atoms with Gasteiger partial charge in [-0.05, 0) is 31.4 Å². The van der Waals surface area contributed by atoms with E-state index in [1.54, 1.807) is 12.1 Å². The Morgan fingerprint density at radius 3 is 2.37 bits per heavy atom. The number of aliphatic hydroxyl groups excluding tert-OH is 1.